The summed E-state index contributed by atoms with van der Waals surface area (Å²) in [7, 11) is -1.57. The normalized spacial score (nSPS) is 12.0. The Morgan fingerprint density at radius 2 is 1.46 bits per heavy atom. The van der Waals surface area contributed by atoms with Gasteiger partial charge >= 0.3 is 18.0 Å². The Morgan fingerprint density at radius 1 is 0.814 bits per heavy atom. The van der Waals surface area contributed by atoms with E-state index in [1.54, 1.807) is 29.7 Å². The summed E-state index contributed by atoms with van der Waals surface area (Å²) in [4.78, 5) is 40.4. The van der Waals surface area contributed by atoms with Crippen molar-refractivity contribution >= 4 is 40.7 Å². The van der Waals surface area contributed by atoms with E-state index in [1.165, 1.54) is 11.1 Å². The highest BCUT2D eigenvalue weighted by molar-refractivity contribution is 7.89. The van der Waals surface area contributed by atoms with Crippen LogP contribution in [-0.2, 0) is 25.3 Å². The van der Waals surface area contributed by atoms with Gasteiger partial charge in [0.05, 0.1) is 24.3 Å². The number of rotatable bonds is 25. The van der Waals surface area contributed by atoms with E-state index in [0.717, 1.165) is 37.9 Å². The molecule has 316 valence electrons. The molecule has 0 bridgehead atoms. The van der Waals surface area contributed by atoms with E-state index in [2.05, 4.69) is 44.5 Å². The van der Waals surface area contributed by atoms with E-state index in [1.807, 2.05) is 94.4 Å². The van der Waals surface area contributed by atoms with Gasteiger partial charge in [-0.05, 0) is 93.6 Å². The molecule has 0 saturated carbocycles. The van der Waals surface area contributed by atoms with Crippen molar-refractivity contribution in [3.8, 4) is 5.75 Å². The number of nitrogens with zero attached hydrogens (tertiary/aromatic N) is 1. The van der Waals surface area contributed by atoms with Crippen LogP contribution in [0.5, 0.6) is 5.75 Å². The van der Waals surface area contributed by atoms with Gasteiger partial charge < -0.3 is 29.7 Å². The van der Waals surface area contributed by atoms with Crippen LogP contribution in [0.25, 0.3) is 6.08 Å². The van der Waals surface area contributed by atoms with Crippen molar-refractivity contribution in [2.24, 2.45) is 0 Å². The van der Waals surface area contributed by atoms with Crippen molar-refractivity contribution in [3.63, 3.8) is 0 Å². The third kappa shape index (κ3) is 17.1. The van der Waals surface area contributed by atoms with Gasteiger partial charge in [0.1, 0.15) is 28.9 Å². The molecule has 11 nitrogen and oxygen atoms in total. The first-order valence-electron chi connectivity index (χ1n) is 20.5. The molecule has 0 saturated heterocycles. The summed E-state index contributed by atoms with van der Waals surface area (Å²) in [6.45, 7) is 11.1. The Hall–Kier alpha value is -5.46. The summed E-state index contributed by atoms with van der Waals surface area (Å²) in [5, 5.41) is 7.23. The monoisotopic (exact) mass is 824 g/mol. The van der Waals surface area contributed by atoms with Crippen molar-refractivity contribution in [2.75, 3.05) is 50.7 Å². The maximum absolute atomic E-state index is 13.0. The number of esters is 2. The van der Waals surface area contributed by atoms with Crippen molar-refractivity contribution in [3.05, 3.63) is 137 Å². The van der Waals surface area contributed by atoms with Gasteiger partial charge in [0.2, 0.25) is 0 Å². The predicted molar refractivity (Wildman–Crippen MR) is 237 cm³/mol. The number of urea groups is 1. The lowest BCUT2D eigenvalue weighted by Gasteiger charge is -2.27. The largest absolute Gasteiger partial charge is 0.491 e. The fourth-order valence-corrected chi connectivity index (χ4v) is 7.13. The lowest BCUT2D eigenvalue weighted by molar-refractivity contribution is -0.157. The quantitative estimate of drug-likeness (QED) is 0.0566. The number of benzene rings is 4. The predicted octanol–water partition coefficient (Wildman–Crippen LogP) is 8.71. The zero-order valence-electron chi connectivity index (χ0n) is 34.8. The van der Waals surface area contributed by atoms with E-state index in [4.69, 9.17) is 14.2 Å². The molecule has 2 amide bonds. The van der Waals surface area contributed by atoms with Crippen LogP contribution in [0, 0.1) is 0 Å². The maximum atomic E-state index is 13.0. The summed E-state index contributed by atoms with van der Waals surface area (Å²) in [6.07, 6.45) is 4.76. The number of hydrogen-bond acceptors (Lipinski definition) is 8. The zero-order valence-corrected chi connectivity index (χ0v) is 35.6. The molecule has 4 rings (SSSR count). The van der Waals surface area contributed by atoms with E-state index < -0.39 is 22.6 Å². The van der Waals surface area contributed by atoms with Crippen LogP contribution >= 0.6 is 0 Å². The fourth-order valence-electron chi connectivity index (χ4n) is 6.41. The Balaban J connectivity index is 1.14. The molecule has 0 heterocycles. The first-order valence-corrected chi connectivity index (χ1v) is 21.7. The molecule has 1 unspecified atom stereocenters. The van der Waals surface area contributed by atoms with E-state index >= 15 is 0 Å². The van der Waals surface area contributed by atoms with Gasteiger partial charge in [-0.1, -0.05) is 105 Å². The van der Waals surface area contributed by atoms with E-state index in [-0.39, 0.29) is 37.5 Å². The zero-order chi connectivity index (χ0) is 42.3. The molecule has 4 aromatic carbocycles. The number of hydrogen-bond donors (Lipinski definition) is 3. The number of ether oxygens (including phenoxy) is 3. The molecule has 0 fully saturated rings. The van der Waals surface area contributed by atoms with Crippen molar-refractivity contribution in [1.82, 2.24) is 15.5 Å². The SMILES string of the molecule is CCCOc1ccc(C(=O)OCCN(CC)CCCC(C)(C)OC(=O)CCNC(=O)NCCC(c2ccccc2)c2ccccc2)cc1NS(=O)C=Cc1ccccc1. The number of nitrogens with one attached hydrogen (secondary N) is 3. The molecule has 0 aliphatic heterocycles. The average molecular weight is 825 g/mol. The number of amides is 2. The molecule has 59 heavy (non-hydrogen) atoms. The Bertz CT molecular complexity index is 1890. The highest BCUT2D eigenvalue weighted by Crippen LogP contribution is 2.29. The molecular weight excluding hydrogens is 765 g/mol. The lowest BCUT2D eigenvalue weighted by Crippen LogP contribution is -2.38. The van der Waals surface area contributed by atoms with Crippen LogP contribution in [-0.4, -0.2) is 78.6 Å². The van der Waals surface area contributed by atoms with Gasteiger partial charge in [0, 0.05) is 31.0 Å². The van der Waals surface area contributed by atoms with Crippen LogP contribution in [0.2, 0.25) is 0 Å². The summed E-state index contributed by atoms with van der Waals surface area (Å²) in [6, 6.07) is 34.7. The third-order valence-corrected chi connectivity index (χ3v) is 10.3. The first kappa shape index (κ1) is 46.2. The van der Waals surface area contributed by atoms with Gasteiger partial charge in [0.15, 0.2) is 0 Å². The summed E-state index contributed by atoms with van der Waals surface area (Å²) >= 11 is 0. The molecule has 0 spiro atoms. The van der Waals surface area contributed by atoms with Crippen LogP contribution in [0.4, 0.5) is 10.5 Å². The molecule has 0 radical (unpaired) electrons. The van der Waals surface area contributed by atoms with E-state index in [9.17, 15) is 18.6 Å². The Labute approximate surface area is 352 Å². The third-order valence-electron chi connectivity index (χ3n) is 9.54. The Morgan fingerprint density at radius 3 is 2.10 bits per heavy atom. The number of carbonyl (C=O) groups excluding carboxylic acids is 3. The summed E-state index contributed by atoms with van der Waals surface area (Å²) < 4.78 is 33.0. The van der Waals surface area contributed by atoms with Crippen molar-refractivity contribution in [2.45, 2.75) is 71.3 Å². The molecule has 0 aliphatic rings. The standard InChI is InChI=1S/C47H60N4O7S/c1-5-33-56-43-24-23-40(36-42(43)50-59(55)35-27-37-17-10-7-11-18-37)45(53)57-34-32-51(6-2)31-16-28-47(3,4)58-44(52)26-30-49-46(54)48-29-25-41(38-19-12-8-13-20-38)39-21-14-9-15-22-39/h7-15,17-24,27,35-36,41,50H,5-6,16,25-26,28-34H2,1-4H3,(H2,48,49,54). The van der Waals surface area contributed by atoms with Gasteiger partial charge in [-0.2, -0.15) is 0 Å². The molecule has 3 N–H and O–H groups in total. The smallest absolute Gasteiger partial charge is 0.338 e. The van der Waals surface area contributed by atoms with Gasteiger partial charge in [-0.25, -0.2) is 13.8 Å². The maximum Gasteiger partial charge on any atom is 0.338 e. The first-order chi connectivity index (χ1) is 28.6. The molecule has 12 heteroatoms. The molecular formula is C47H60N4O7S. The van der Waals surface area contributed by atoms with Crippen molar-refractivity contribution in [1.29, 1.82) is 0 Å². The number of anilines is 1. The van der Waals surface area contributed by atoms with E-state index in [0.29, 0.717) is 43.1 Å². The van der Waals surface area contributed by atoms with Crippen LogP contribution in [0.3, 0.4) is 0 Å². The van der Waals surface area contributed by atoms with Crippen LogP contribution < -0.4 is 20.1 Å². The molecule has 0 aliphatic carbocycles. The van der Waals surface area contributed by atoms with Gasteiger partial charge in [0.25, 0.3) is 0 Å². The second-order valence-electron chi connectivity index (χ2n) is 14.7. The van der Waals surface area contributed by atoms with Gasteiger partial charge in [-0.3, -0.25) is 9.52 Å². The average Bonchev–Trinajstić information content (AvgIpc) is 3.24. The second-order valence-corrected chi connectivity index (χ2v) is 15.7. The molecule has 1 atom stereocenters. The lowest BCUT2D eigenvalue weighted by atomic mass is 9.88. The number of carbonyl (C=O) groups is 3. The minimum absolute atomic E-state index is 0.0647. The highest BCUT2D eigenvalue weighted by atomic mass is 32.2. The highest BCUT2D eigenvalue weighted by Gasteiger charge is 2.23. The minimum atomic E-state index is -1.57. The topological polar surface area (TPSA) is 135 Å². The molecule has 0 aromatic heterocycles. The molecule has 4 aromatic rings. The second kappa shape index (κ2) is 25.1. The fraction of sp³-hybridized carbons (Fsp3) is 0.383. The van der Waals surface area contributed by atoms with Crippen LogP contribution in [0.15, 0.2) is 115 Å². The summed E-state index contributed by atoms with van der Waals surface area (Å²) in [5.74, 6) is -0.209. The number of likely N-dealkylation sites (N-methyl/N-ethyl adjacent to an activating group) is 1. The van der Waals surface area contributed by atoms with Gasteiger partial charge in [-0.15, -0.1) is 0 Å². The Kier molecular flexibility index (Phi) is 19.7. The van der Waals surface area contributed by atoms with Crippen LogP contribution in [0.1, 0.15) is 92.8 Å². The van der Waals surface area contributed by atoms with Crippen molar-refractivity contribution < 1.29 is 32.8 Å². The summed E-state index contributed by atoms with van der Waals surface area (Å²) in [5.41, 5.74) is 3.37. The minimum Gasteiger partial charge on any atom is -0.491 e.